The van der Waals surface area contributed by atoms with Crippen LogP contribution in [-0.2, 0) is 11.4 Å². The highest BCUT2D eigenvalue weighted by molar-refractivity contribution is 9.10. The van der Waals surface area contributed by atoms with E-state index in [1.807, 2.05) is 30.3 Å². The Hall–Kier alpha value is -2.08. The average molecular weight is 353 g/mol. The SMILES string of the molecule is NC(COc1ccccc1)=NOCc1ccc(Br)cc1F. The maximum atomic E-state index is 13.5. The lowest BCUT2D eigenvalue weighted by molar-refractivity contribution is 0.125. The molecule has 2 aromatic rings. The monoisotopic (exact) mass is 352 g/mol. The van der Waals surface area contributed by atoms with Gasteiger partial charge >= 0.3 is 0 Å². The first-order valence-electron chi connectivity index (χ1n) is 6.21. The van der Waals surface area contributed by atoms with Gasteiger partial charge in [-0.15, -0.1) is 0 Å². The number of nitrogens with zero attached hydrogens (tertiary/aromatic N) is 1. The third kappa shape index (κ3) is 5.07. The maximum Gasteiger partial charge on any atom is 0.177 e. The molecule has 2 aromatic carbocycles. The van der Waals surface area contributed by atoms with Gasteiger partial charge in [0, 0.05) is 10.0 Å². The Bertz CT molecular complexity index is 620. The number of hydrogen-bond acceptors (Lipinski definition) is 3. The molecule has 0 radical (unpaired) electrons. The third-order valence-corrected chi connectivity index (χ3v) is 3.04. The fourth-order valence-corrected chi connectivity index (χ4v) is 1.86. The van der Waals surface area contributed by atoms with Crippen molar-refractivity contribution in [3.8, 4) is 5.75 Å². The molecule has 0 fully saturated rings. The fraction of sp³-hybridized carbons (Fsp3) is 0.133. The van der Waals surface area contributed by atoms with E-state index < -0.39 is 0 Å². The minimum atomic E-state index is -0.362. The molecule has 21 heavy (non-hydrogen) atoms. The van der Waals surface area contributed by atoms with Gasteiger partial charge in [-0.25, -0.2) is 4.39 Å². The van der Waals surface area contributed by atoms with E-state index in [1.54, 1.807) is 12.1 Å². The van der Waals surface area contributed by atoms with Crippen LogP contribution in [0.3, 0.4) is 0 Å². The van der Waals surface area contributed by atoms with Crippen LogP contribution in [0.1, 0.15) is 5.56 Å². The molecule has 0 heterocycles. The molecule has 2 N–H and O–H groups in total. The molecule has 0 amide bonds. The number of benzene rings is 2. The third-order valence-electron chi connectivity index (χ3n) is 2.55. The number of amidine groups is 1. The Balaban J connectivity index is 1.80. The van der Waals surface area contributed by atoms with Gasteiger partial charge in [0.05, 0.1) is 0 Å². The normalized spacial score (nSPS) is 11.2. The summed E-state index contributed by atoms with van der Waals surface area (Å²) in [5.41, 5.74) is 6.05. The van der Waals surface area contributed by atoms with Crippen LogP contribution in [0, 0.1) is 5.82 Å². The smallest absolute Gasteiger partial charge is 0.177 e. The largest absolute Gasteiger partial charge is 0.486 e. The number of para-hydroxylation sites is 1. The fourth-order valence-electron chi connectivity index (χ4n) is 1.52. The van der Waals surface area contributed by atoms with Crippen LogP contribution in [-0.4, -0.2) is 12.4 Å². The van der Waals surface area contributed by atoms with Gasteiger partial charge in [0.25, 0.3) is 0 Å². The van der Waals surface area contributed by atoms with Gasteiger partial charge in [-0.1, -0.05) is 45.4 Å². The van der Waals surface area contributed by atoms with Crippen molar-refractivity contribution < 1.29 is 14.0 Å². The summed E-state index contributed by atoms with van der Waals surface area (Å²) in [5, 5.41) is 3.69. The molecule has 0 saturated heterocycles. The molecule has 0 spiro atoms. The molecule has 0 aliphatic heterocycles. The molecule has 0 aliphatic carbocycles. The van der Waals surface area contributed by atoms with Gasteiger partial charge in [-0.05, 0) is 24.3 Å². The van der Waals surface area contributed by atoms with Crippen molar-refractivity contribution in [2.45, 2.75) is 6.61 Å². The van der Waals surface area contributed by atoms with E-state index in [-0.39, 0.29) is 24.9 Å². The number of rotatable bonds is 6. The lowest BCUT2D eigenvalue weighted by Crippen LogP contribution is -2.21. The first-order valence-corrected chi connectivity index (χ1v) is 7.00. The van der Waals surface area contributed by atoms with Crippen molar-refractivity contribution in [2.75, 3.05) is 6.61 Å². The molecule has 110 valence electrons. The number of ether oxygens (including phenoxy) is 1. The zero-order chi connectivity index (χ0) is 15.1. The lowest BCUT2D eigenvalue weighted by Gasteiger charge is -2.06. The van der Waals surface area contributed by atoms with Crippen molar-refractivity contribution in [1.29, 1.82) is 0 Å². The highest BCUT2D eigenvalue weighted by atomic mass is 79.9. The predicted octanol–water partition coefficient (Wildman–Crippen LogP) is 3.46. The molecule has 4 nitrogen and oxygen atoms in total. The van der Waals surface area contributed by atoms with Crippen LogP contribution >= 0.6 is 15.9 Å². The van der Waals surface area contributed by atoms with E-state index in [4.69, 9.17) is 15.3 Å². The van der Waals surface area contributed by atoms with Gasteiger partial charge in [0.1, 0.15) is 24.8 Å². The second-order valence-corrected chi connectivity index (χ2v) is 5.11. The first-order chi connectivity index (χ1) is 10.1. The molecule has 6 heteroatoms. The number of hydrogen-bond donors (Lipinski definition) is 1. The minimum absolute atomic E-state index is 0.00511. The Morgan fingerprint density at radius 1 is 1.19 bits per heavy atom. The van der Waals surface area contributed by atoms with Crippen molar-refractivity contribution in [3.05, 3.63) is 64.4 Å². The molecular weight excluding hydrogens is 339 g/mol. The van der Waals surface area contributed by atoms with E-state index in [1.165, 1.54) is 6.07 Å². The summed E-state index contributed by atoms with van der Waals surface area (Å²) in [4.78, 5) is 5.02. The molecule has 2 rings (SSSR count). The van der Waals surface area contributed by atoms with Crippen LogP contribution < -0.4 is 10.5 Å². The van der Waals surface area contributed by atoms with Gasteiger partial charge in [-0.2, -0.15) is 0 Å². The van der Waals surface area contributed by atoms with Crippen LogP contribution in [0.5, 0.6) is 5.75 Å². The van der Waals surface area contributed by atoms with Crippen LogP contribution in [0.25, 0.3) is 0 Å². The summed E-state index contributed by atoms with van der Waals surface area (Å²) in [7, 11) is 0. The summed E-state index contributed by atoms with van der Waals surface area (Å²) < 4.78 is 19.6. The highest BCUT2D eigenvalue weighted by Gasteiger charge is 2.03. The summed E-state index contributed by atoms with van der Waals surface area (Å²) in [6, 6.07) is 13.9. The Morgan fingerprint density at radius 2 is 1.95 bits per heavy atom. The number of oxime groups is 1. The second kappa shape index (κ2) is 7.64. The number of halogens is 2. The van der Waals surface area contributed by atoms with Crippen molar-refractivity contribution in [2.24, 2.45) is 10.9 Å². The summed E-state index contributed by atoms with van der Waals surface area (Å²) in [6.07, 6.45) is 0. The van der Waals surface area contributed by atoms with Crippen molar-refractivity contribution in [3.63, 3.8) is 0 Å². The number of nitrogens with two attached hydrogens (primary N) is 1. The van der Waals surface area contributed by atoms with Crippen LogP contribution in [0.2, 0.25) is 0 Å². The van der Waals surface area contributed by atoms with Crippen molar-refractivity contribution >= 4 is 21.8 Å². The molecule has 0 saturated carbocycles. The first kappa shape index (κ1) is 15.3. The zero-order valence-electron chi connectivity index (χ0n) is 11.1. The van der Waals surface area contributed by atoms with E-state index >= 15 is 0 Å². The quantitative estimate of drug-likeness (QED) is 0.492. The molecule has 0 bridgehead atoms. The Morgan fingerprint density at radius 3 is 2.67 bits per heavy atom. The second-order valence-electron chi connectivity index (χ2n) is 4.19. The standard InChI is InChI=1S/C15H14BrFN2O2/c16-12-7-6-11(14(17)8-12)9-21-19-15(18)10-20-13-4-2-1-3-5-13/h1-8H,9-10H2,(H2,18,19). The van der Waals surface area contributed by atoms with Gasteiger partial charge in [-0.3, -0.25) is 0 Å². The van der Waals surface area contributed by atoms with Crippen LogP contribution in [0.4, 0.5) is 4.39 Å². The van der Waals surface area contributed by atoms with Crippen LogP contribution in [0.15, 0.2) is 58.2 Å². The summed E-state index contributed by atoms with van der Waals surface area (Å²) in [5.74, 6) is 0.504. The van der Waals surface area contributed by atoms with Gasteiger partial charge < -0.3 is 15.3 Å². The molecule has 0 atom stereocenters. The van der Waals surface area contributed by atoms with E-state index in [2.05, 4.69) is 21.1 Å². The zero-order valence-corrected chi connectivity index (χ0v) is 12.7. The Labute approximate surface area is 130 Å². The lowest BCUT2D eigenvalue weighted by atomic mass is 10.2. The maximum absolute atomic E-state index is 13.5. The van der Waals surface area contributed by atoms with Crippen molar-refractivity contribution in [1.82, 2.24) is 0 Å². The topological polar surface area (TPSA) is 56.8 Å². The van der Waals surface area contributed by atoms with Gasteiger partial charge in [0.15, 0.2) is 5.84 Å². The van der Waals surface area contributed by atoms with E-state index in [9.17, 15) is 4.39 Å². The van der Waals surface area contributed by atoms with E-state index in [0.717, 1.165) is 0 Å². The molecule has 0 aromatic heterocycles. The van der Waals surface area contributed by atoms with E-state index in [0.29, 0.717) is 15.8 Å². The summed E-state index contributed by atoms with van der Waals surface area (Å²) >= 11 is 3.19. The summed E-state index contributed by atoms with van der Waals surface area (Å²) in [6.45, 7) is 0.109. The Kier molecular flexibility index (Phi) is 5.57. The highest BCUT2D eigenvalue weighted by Crippen LogP contribution is 2.16. The molecule has 0 unspecified atom stereocenters. The average Bonchev–Trinajstić information content (AvgIpc) is 2.48. The minimum Gasteiger partial charge on any atom is -0.486 e. The van der Waals surface area contributed by atoms with Gasteiger partial charge in [0.2, 0.25) is 0 Å². The molecular formula is C15H14BrFN2O2. The predicted molar refractivity (Wildman–Crippen MR) is 82.4 cm³/mol. The molecule has 0 aliphatic rings.